The van der Waals surface area contributed by atoms with Crippen molar-refractivity contribution < 1.29 is 26.5 Å². The fraction of sp³-hybridized carbons (Fsp3) is 0.333. The normalized spacial score (nSPS) is 11.6. The van der Waals surface area contributed by atoms with Gasteiger partial charge in [-0.05, 0) is 30.5 Å². The molecule has 0 bridgehead atoms. The van der Waals surface area contributed by atoms with E-state index in [0.717, 1.165) is 6.42 Å². The van der Waals surface area contributed by atoms with Gasteiger partial charge in [-0.2, -0.15) is 4.57 Å². The van der Waals surface area contributed by atoms with Gasteiger partial charge in [0.05, 0.1) is 5.56 Å². The molecule has 1 aromatic carbocycles. The third-order valence-electron chi connectivity index (χ3n) is 3.23. The SMILES string of the molecule is CC(C)Cc1ccc[n+](C(C)OC(=O)c2ccccc2)c1.[Cl-]. The number of halogens is 1. The van der Waals surface area contributed by atoms with Crippen molar-refractivity contribution in [2.24, 2.45) is 5.92 Å². The van der Waals surface area contributed by atoms with Crippen LogP contribution in [0.4, 0.5) is 0 Å². The Labute approximate surface area is 138 Å². The molecular weight excluding hydrogens is 298 g/mol. The molecule has 118 valence electrons. The second-order valence-electron chi connectivity index (χ2n) is 5.63. The van der Waals surface area contributed by atoms with Gasteiger partial charge in [-0.15, -0.1) is 0 Å². The fourth-order valence-corrected chi connectivity index (χ4v) is 2.22. The molecule has 0 radical (unpaired) electrons. The van der Waals surface area contributed by atoms with E-state index in [1.165, 1.54) is 5.56 Å². The first kappa shape index (κ1) is 18.2. The molecule has 1 atom stereocenters. The Kier molecular flexibility index (Phi) is 7.06. The van der Waals surface area contributed by atoms with Crippen LogP contribution in [0.3, 0.4) is 0 Å². The van der Waals surface area contributed by atoms with Gasteiger partial charge in [0.15, 0.2) is 12.4 Å². The standard InChI is InChI=1S/C18H22NO2.ClH/c1-14(2)12-16-8-7-11-19(13-16)15(3)21-18(20)17-9-5-4-6-10-17;/h4-11,13-15H,12H2,1-3H3;1H/q+1;/p-1. The van der Waals surface area contributed by atoms with Crippen LogP contribution in [-0.2, 0) is 11.2 Å². The van der Waals surface area contributed by atoms with Gasteiger partial charge in [-0.1, -0.05) is 32.0 Å². The molecule has 0 aliphatic heterocycles. The Morgan fingerprint density at radius 3 is 2.41 bits per heavy atom. The summed E-state index contributed by atoms with van der Waals surface area (Å²) in [6, 6.07) is 13.1. The molecule has 4 heteroatoms. The monoisotopic (exact) mass is 319 g/mol. The van der Waals surface area contributed by atoms with Crippen molar-refractivity contribution in [1.29, 1.82) is 0 Å². The molecule has 2 aromatic rings. The number of pyridine rings is 1. The molecule has 0 spiro atoms. The molecular formula is C18H22ClNO2. The second-order valence-corrected chi connectivity index (χ2v) is 5.63. The molecule has 0 saturated heterocycles. The fourth-order valence-electron chi connectivity index (χ4n) is 2.22. The highest BCUT2D eigenvalue weighted by molar-refractivity contribution is 5.89. The molecule has 0 aliphatic carbocycles. The first-order valence-corrected chi connectivity index (χ1v) is 7.32. The summed E-state index contributed by atoms with van der Waals surface area (Å²) in [7, 11) is 0. The number of hydrogen-bond acceptors (Lipinski definition) is 2. The number of carbonyl (C=O) groups excluding carboxylic acids is 1. The molecule has 0 amide bonds. The van der Waals surface area contributed by atoms with Crippen molar-refractivity contribution in [2.45, 2.75) is 33.4 Å². The first-order chi connectivity index (χ1) is 10.1. The third kappa shape index (κ3) is 5.15. The lowest BCUT2D eigenvalue weighted by Crippen LogP contribution is -3.00. The van der Waals surface area contributed by atoms with Crippen LogP contribution in [0.5, 0.6) is 0 Å². The minimum atomic E-state index is -0.329. The minimum Gasteiger partial charge on any atom is -1.00 e. The van der Waals surface area contributed by atoms with Crippen molar-refractivity contribution in [3.05, 3.63) is 66.0 Å². The number of carbonyl (C=O) groups is 1. The molecule has 22 heavy (non-hydrogen) atoms. The van der Waals surface area contributed by atoms with E-state index < -0.39 is 0 Å². The number of nitrogens with zero attached hydrogens (tertiary/aromatic N) is 1. The van der Waals surface area contributed by atoms with Gasteiger partial charge in [0, 0.05) is 18.6 Å². The summed E-state index contributed by atoms with van der Waals surface area (Å²) in [5.41, 5.74) is 1.82. The Balaban J connectivity index is 0.00000242. The molecule has 2 rings (SSSR count). The average molecular weight is 320 g/mol. The van der Waals surface area contributed by atoms with Gasteiger partial charge in [0.2, 0.25) is 0 Å². The molecule has 1 heterocycles. The lowest BCUT2D eigenvalue weighted by molar-refractivity contribution is -0.753. The highest BCUT2D eigenvalue weighted by atomic mass is 35.5. The molecule has 0 aliphatic rings. The molecule has 1 aromatic heterocycles. The van der Waals surface area contributed by atoms with Gasteiger partial charge in [0.25, 0.3) is 0 Å². The maximum absolute atomic E-state index is 12.1. The van der Waals surface area contributed by atoms with Gasteiger partial charge in [0.1, 0.15) is 0 Å². The molecule has 3 nitrogen and oxygen atoms in total. The molecule has 0 fully saturated rings. The molecule has 0 saturated carbocycles. The quantitative estimate of drug-likeness (QED) is 0.595. The predicted molar refractivity (Wildman–Crippen MR) is 81.7 cm³/mol. The zero-order valence-electron chi connectivity index (χ0n) is 13.2. The summed E-state index contributed by atoms with van der Waals surface area (Å²) in [5, 5.41) is 0. The smallest absolute Gasteiger partial charge is 0.343 e. The molecule has 1 unspecified atom stereocenters. The summed E-state index contributed by atoms with van der Waals surface area (Å²) >= 11 is 0. The lowest BCUT2D eigenvalue weighted by Gasteiger charge is -2.10. The van der Waals surface area contributed by atoms with E-state index in [4.69, 9.17) is 4.74 Å². The van der Waals surface area contributed by atoms with Gasteiger partial charge in [-0.25, -0.2) is 4.79 Å². The summed E-state index contributed by atoms with van der Waals surface area (Å²) in [6.07, 6.45) is 4.65. The number of aromatic nitrogens is 1. The van der Waals surface area contributed by atoms with Crippen molar-refractivity contribution in [3.8, 4) is 0 Å². The van der Waals surface area contributed by atoms with Gasteiger partial charge in [-0.3, -0.25) is 0 Å². The Hall–Kier alpha value is -1.87. The van der Waals surface area contributed by atoms with Crippen molar-refractivity contribution in [3.63, 3.8) is 0 Å². The van der Waals surface area contributed by atoms with E-state index in [1.807, 2.05) is 48.1 Å². The first-order valence-electron chi connectivity index (χ1n) is 7.32. The maximum atomic E-state index is 12.1. The van der Waals surface area contributed by atoms with Crippen LogP contribution in [0.15, 0.2) is 54.9 Å². The topological polar surface area (TPSA) is 30.2 Å². The van der Waals surface area contributed by atoms with E-state index >= 15 is 0 Å². The van der Waals surface area contributed by atoms with Crippen LogP contribution in [0.25, 0.3) is 0 Å². The summed E-state index contributed by atoms with van der Waals surface area (Å²) in [5.74, 6) is 0.299. The van der Waals surface area contributed by atoms with Crippen LogP contribution >= 0.6 is 0 Å². The van der Waals surface area contributed by atoms with Crippen LogP contribution < -0.4 is 17.0 Å². The summed E-state index contributed by atoms with van der Waals surface area (Å²) < 4.78 is 7.44. The van der Waals surface area contributed by atoms with E-state index in [1.54, 1.807) is 12.1 Å². The number of rotatable bonds is 5. The molecule has 0 N–H and O–H groups in total. The van der Waals surface area contributed by atoms with Crippen LogP contribution in [0, 0.1) is 5.92 Å². The number of esters is 1. The van der Waals surface area contributed by atoms with Crippen molar-refractivity contribution in [2.75, 3.05) is 0 Å². The third-order valence-corrected chi connectivity index (χ3v) is 3.23. The van der Waals surface area contributed by atoms with E-state index in [2.05, 4.69) is 19.9 Å². The summed E-state index contributed by atoms with van der Waals surface area (Å²) in [6.45, 7) is 6.26. The van der Waals surface area contributed by atoms with Crippen molar-refractivity contribution >= 4 is 5.97 Å². The Bertz CT molecular complexity index is 599. The zero-order chi connectivity index (χ0) is 15.2. The largest absolute Gasteiger partial charge is 1.00 e. The van der Waals surface area contributed by atoms with Crippen LogP contribution in [0.2, 0.25) is 0 Å². The highest BCUT2D eigenvalue weighted by Crippen LogP contribution is 2.09. The minimum absolute atomic E-state index is 0. The zero-order valence-corrected chi connectivity index (χ0v) is 14.0. The number of ether oxygens (including phenoxy) is 1. The average Bonchev–Trinajstić information content (AvgIpc) is 2.47. The van der Waals surface area contributed by atoms with Crippen LogP contribution in [0.1, 0.15) is 42.9 Å². The Morgan fingerprint density at radius 2 is 1.77 bits per heavy atom. The van der Waals surface area contributed by atoms with Gasteiger partial charge < -0.3 is 17.1 Å². The number of hydrogen-bond donors (Lipinski definition) is 0. The van der Waals surface area contributed by atoms with E-state index in [0.29, 0.717) is 11.5 Å². The van der Waals surface area contributed by atoms with E-state index in [9.17, 15) is 4.79 Å². The predicted octanol–water partition coefficient (Wildman–Crippen LogP) is 0.552. The Morgan fingerprint density at radius 1 is 1.09 bits per heavy atom. The second kappa shape index (κ2) is 8.54. The lowest BCUT2D eigenvalue weighted by atomic mass is 10.1. The van der Waals surface area contributed by atoms with Gasteiger partial charge >= 0.3 is 12.2 Å². The van der Waals surface area contributed by atoms with Crippen molar-refractivity contribution in [1.82, 2.24) is 0 Å². The maximum Gasteiger partial charge on any atom is 0.343 e. The number of benzene rings is 1. The summed E-state index contributed by atoms with van der Waals surface area (Å²) in [4.78, 5) is 12.1. The highest BCUT2D eigenvalue weighted by Gasteiger charge is 2.18. The van der Waals surface area contributed by atoms with Crippen LogP contribution in [-0.4, -0.2) is 5.97 Å². The van der Waals surface area contributed by atoms with E-state index in [-0.39, 0.29) is 24.6 Å².